The molecule has 3 aromatic heterocycles. The number of nitrogens with one attached hydrogen (secondary N) is 3. The molecule has 0 radical (unpaired) electrons. The minimum atomic E-state index is -4.47. The number of benzene rings is 1. The van der Waals surface area contributed by atoms with Crippen LogP contribution >= 0.6 is 0 Å². The molecule has 9 heteroatoms. The first kappa shape index (κ1) is 17.0. The van der Waals surface area contributed by atoms with E-state index in [2.05, 4.69) is 15.3 Å². The number of amides is 1. The first-order valence-electron chi connectivity index (χ1n) is 7.94. The number of aromatic amines is 2. The number of aryl methyl sites for hydroxylation is 1. The summed E-state index contributed by atoms with van der Waals surface area (Å²) in [6, 6.07) is 5.78. The Labute approximate surface area is 149 Å². The highest BCUT2D eigenvalue weighted by molar-refractivity contribution is 6.04. The molecule has 0 spiro atoms. The lowest BCUT2D eigenvalue weighted by atomic mass is 10.1. The van der Waals surface area contributed by atoms with Gasteiger partial charge in [0.15, 0.2) is 0 Å². The first-order chi connectivity index (χ1) is 12.7. The standard InChI is InChI=1S/C18H13F3N4O2/c1-9-4-15-23-6-12(17(27)25(15)8-9)16(26)24-10-2-3-11-13(18(19,20)21)7-22-14(11)5-10/h2-8,22-23H,1H3,(H,24,26). The van der Waals surface area contributed by atoms with E-state index in [1.165, 1.54) is 28.8 Å². The van der Waals surface area contributed by atoms with Gasteiger partial charge in [0, 0.05) is 35.2 Å². The summed E-state index contributed by atoms with van der Waals surface area (Å²) in [4.78, 5) is 30.3. The van der Waals surface area contributed by atoms with Gasteiger partial charge in [0.25, 0.3) is 11.5 Å². The largest absolute Gasteiger partial charge is 0.418 e. The van der Waals surface area contributed by atoms with E-state index in [1.54, 1.807) is 12.3 Å². The molecule has 3 N–H and O–H groups in total. The quantitative estimate of drug-likeness (QED) is 0.500. The van der Waals surface area contributed by atoms with Crippen LogP contribution in [0.15, 0.2) is 47.7 Å². The van der Waals surface area contributed by atoms with Crippen LogP contribution in [0.25, 0.3) is 16.6 Å². The number of alkyl halides is 3. The molecule has 0 bridgehead atoms. The summed E-state index contributed by atoms with van der Waals surface area (Å²) in [5.74, 6) is -0.661. The SMILES string of the molecule is Cc1cc2[nH]cc(C(=O)Nc3ccc4c(C(F)(F)F)c[nH]c4c3)c(=O)n2c1. The number of H-pyrrole nitrogens is 2. The zero-order chi connectivity index (χ0) is 19.3. The minimum absolute atomic E-state index is 0.00239. The van der Waals surface area contributed by atoms with Crippen LogP contribution < -0.4 is 10.9 Å². The molecule has 0 aliphatic carbocycles. The minimum Gasteiger partial charge on any atom is -0.360 e. The Morgan fingerprint density at radius 2 is 1.93 bits per heavy atom. The van der Waals surface area contributed by atoms with E-state index < -0.39 is 23.2 Å². The number of carbonyl (C=O) groups excluding carboxylic acids is 1. The molecule has 1 amide bonds. The van der Waals surface area contributed by atoms with Gasteiger partial charge in [-0.2, -0.15) is 13.2 Å². The van der Waals surface area contributed by atoms with Crippen molar-refractivity contribution in [2.75, 3.05) is 5.32 Å². The van der Waals surface area contributed by atoms with Crippen molar-refractivity contribution in [3.8, 4) is 0 Å². The zero-order valence-electron chi connectivity index (χ0n) is 13.9. The predicted octanol–water partition coefficient (Wildman–Crippen LogP) is 3.69. The topological polar surface area (TPSA) is 82.2 Å². The third kappa shape index (κ3) is 2.86. The molecule has 3 heterocycles. The highest BCUT2D eigenvalue weighted by atomic mass is 19.4. The van der Waals surface area contributed by atoms with E-state index >= 15 is 0 Å². The average molecular weight is 374 g/mol. The monoisotopic (exact) mass is 374 g/mol. The number of rotatable bonds is 2. The Morgan fingerprint density at radius 3 is 2.67 bits per heavy atom. The zero-order valence-corrected chi connectivity index (χ0v) is 13.9. The van der Waals surface area contributed by atoms with E-state index in [9.17, 15) is 22.8 Å². The van der Waals surface area contributed by atoms with Gasteiger partial charge in [0.2, 0.25) is 0 Å². The van der Waals surface area contributed by atoms with Gasteiger partial charge in [-0.25, -0.2) is 0 Å². The molecule has 0 saturated carbocycles. The summed E-state index contributed by atoms with van der Waals surface area (Å²) in [5.41, 5.74) is 0.535. The lowest BCUT2D eigenvalue weighted by Gasteiger charge is -2.07. The molecule has 138 valence electrons. The van der Waals surface area contributed by atoms with Gasteiger partial charge in [0.1, 0.15) is 11.2 Å². The molecule has 0 saturated heterocycles. The number of carbonyl (C=O) groups is 1. The number of aromatic nitrogens is 3. The van der Waals surface area contributed by atoms with E-state index in [0.29, 0.717) is 5.65 Å². The molecule has 4 rings (SSSR count). The second kappa shape index (κ2) is 5.76. The summed E-state index contributed by atoms with van der Waals surface area (Å²) >= 11 is 0. The number of hydrogen-bond acceptors (Lipinski definition) is 2. The highest BCUT2D eigenvalue weighted by Gasteiger charge is 2.33. The van der Waals surface area contributed by atoms with Crippen molar-refractivity contribution in [2.24, 2.45) is 0 Å². The first-order valence-corrected chi connectivity index (χ1v) is 7.94. The van der Waals surface area contributed by atoms with Gasteiger partial charge in [-0.3, -0.25) is 14.0 Å². The second-order valence-corrected chi connectivity index (χ2v) is 6.19. The van der Waals surface area contributed by atoms with Gasteiger partial charge in [-0.1, -0.05) is 6.07 Å². The Kier molecular flexibility index (Phi) is 3.62. The molecular weight excluding hydrogens is 361 g/mol. The van der Waals surface area contributed by atoms with Crippen molar-refractivity contribution in [1.82, 2.24) is 14.4 Å². The highest BCUT2D eigenvalue weighted by Crippen LogP contribution is 2.35. The fourth-order valence-electron chi connectivity index (χ4n) is 3.01. The molecular formula is C18H13F3N4O2. The number of anilines is 1. The van der Waals surface area contributed by atoms with Gasteiger partial charge in [-0.15, -0.1) is 0 Å². The normalized spacial score (nSPS) is 12.0. The summed E-state index contributed by atoms with van der Waals surface area (Å²) in [7, 11) is 0. The molecule has 0 fully saturated rings. The smallest absolute Gasteiger partial charge is 0.360 e. The molecule has 0 aliphatic heterocycles. The van der Waals surface area contributed by atoms with Crippen LogP contribution in [0.1, 0.15) is 21.5 Å². The Hall–Kier alpha value is -3.49. The summed E-state index contributed by atoms with van der Waals surface area (Å²) < 4.78 is 40.1. The number of hydrogen-bond donors (Lipinski definition) is 3. The van der Waals surface area contributed by atoms with Crippen LogP contribution in [0.4, 0.5) is 18.9 Å². The second-order valence-electron chi connectivity index (χ2n) is 6.19. The van der Waals surface area contributed by atoms with Crippen LogP contribution in [0.3, 0.4) is 0 Å². The Bertz CT molecular complexity index is 1250. The lowest BCUT2D eigenvalue weighted by Crippen LogP contribution is -2.25. The van der Waals surface area contributed by atoms with E-state index in [-0.39, 0.29) is 22.2 Å². The van der Waals surface area contributed by atoms with Gasteiger partial charge in [-0.05, 0) is 30.7 Å². The maximum atomic E-state index is 12.9. The number of fused-ring (bicyclic) bond motifs is 2. The van der Waals surface area contributed by atoms with Crippen LogP contribution in [-0.2, 0) is 6.18 Å². The fraction of sp³-hybridized carbons (Fsp3) is 0.111. The van der Waals surface area contributed by atoms with Crippen molar-refractivity contribution in [1.29, 1.82) is 0 Å². The predicted molar refractivity (Wildman–Crippen MR) is 94.0 cm³/mol. The summed E-state index contributed by atoms with van der Waals surface area (Å²) in [6.45, 7) is 1.82. The Balaban J connectivity index is 1.67. The van der Waals surface area contributed by atoms with Crippen molar-refractivity contribution >= 4 is 28.1 Å². The molecule has 27 heavy (non-hydrogen) atoms. The molecule has 1 aromatic carbocycles. The van der Waals surface area contributed by atoms with Crippen LogP contribution in [0, 0.1) is 6.92 Å². The van der Waals surface area contributed by atoms with Crippen LogP contribution in [-0.4, -0.2) is 20.3 Å². The molecule has 0 unspecified atom stereocenters. The van der Waals surface area contributed by atoms with Crippen molar-refractivity contribution in [3.63, 3.8) is 0 Å². The molecule has 6 nitrogen and oxygen atoms in total. The number of halogens is 3. The van der Waals surface area contributed by atoms with Crippen molar-refractivity contribution in [2.45, 2.75) is 13.1 Å². The molecule has 4 aromatic rings. The maximum absolute atomic E-state index is 12.9. The third-order valence-electron chi connectivity index (χ3n) is 4.26. The fourth-order valence-corrected chi connectivity index (χ4v) is 3.01. The number of nitrogens with zero attached hydrogens (tertiary/aromatic N) is 1. The van der Waals surface area contributed by atoms with E-state index in [0.717, 1.165) is 11.8 Å². The molecule has 0 aliphatic rings. The van der Waals surface area contributed by atoms with Crippen LogP contribution in [0.5, 0.6) is 0 Å². The van der Waals surface area contributed by atoms with E-state index in [4.69, 9.17) is 0 Å². The summed E-state index contributed by atoms with van der Waals surface area (Å²) in [5, 5.41) is 2.54. The lowest BCUT2D eigenvalue weighted by molar-refractivity contribution is -0.136. The molecule has 0 atom stereocenters. The van der Waals surface area contributed by atoms with Gasteiger partial charge in [0.05, 0.1) is 5.56 Å². The third-order valence-corrected chi connectivity index (χ3v) is 4.26. The van der Waals surface area contributed by atoms with Gasteiger partial charge >= 0.3 is 6.18 Å². The summed E-state index contributed by atoms with van der Waals surface area (Å²) in [6.07, 6.45) is -0.681. The van der Waals surface area contributed by atoms with Gasteiger partial charge < -0.3 is 15.3 Å². The van der Waals surface area contributed by atoms with E-state index in [1.807, 2.05) is 6.92 Å². The Morgan fingerprint density at radius 1 is 1.15 bits per heavy atom. The average Bonchev–Trinajstić information content (AvgIpc) is 3.17. The van der Waals surface area contributed by atoms with Crippen molar-refractivity contribution < 1.29 is 18.0 Å². The maximum Gasteiger partial charge on any atom is 0.418 e. The van der Waals surface area contributed by atoms with Crippen molar-refractivity contribution in [3.05, 3.63) is 69.9 Å². The van der Waals surface area contributed by atoms with Crippen LogP contribution in [0.2, 0.25) is 0 Å².